The quantitative estimate of drug-likeness (QED) is 0.574. The number of aryl methyl sites for hydroxylation is 1. The number of hydrogen-bond acceptors (Lipinski definition) is 5. The van der Waals surface area contributed by atoms with Gasteiger partial charge in [-0.15, -0.1) is 0 Å². The highest BCUT2D eigenvalue weighted by Crippen LogP contribution is 2.27. The molecule has 0 aliphatic heterocycles. The van der Waals surface area contributed by atoms with Crippen LogP contribution >= 0.6 is 0 Å². The Morgan fingerprint density at radius 3 is 2.16 bits per heavy atom. The van der Waals surface area contributed by atoms with E-state index in [9.17, 15) is 9.59 Å². The Morgan fingerprint density at radius 1 is 1.00 bits per heavy atom. The lowest BCUT2D eigenvalue weighted by atomic mass is 10.1. The summed E-state index contributed by atoms with van der Waals surface area (Å²) in [6, 6.07) is 12.4. The van der Waals surface area contributed by atoms with Gasteiger partial charge in [0.05, 0.1) is 14.2 Å². The van der Waals surface area contributed by atoms with Gasteiger partial charge in [0.1, 0.15) is 23.3 Å². The van der Waals surface area contributed by atoms with Crippen molar-refractivity contribution in [1.29, 1.82) is 0 Å². The number of methoxy groups -OCH3 is 2. The molecule has 7 heteroatoms. The zero-order chi connectivity index (χ0) is 23.7. The van der Waals surface area contributed by atoms with Gasteiger partial charge in [-0.2, -0.15) is 0 Å². The van der Waals surface area contributed by atoms with Crippen LogP contribution in [0, 0.1) is 6.92 Å². The van der Waals surface area contributed by atoms with Crippen LogP contribution in [-0.4, -0.2) is 49.6 Å². The summed E-state index contributed by atoms with van der Waals surface area (Å²) in [5.74, 6) is 1.12. The Balaban J connectivity index is 2.25. The second-order valence-electron chi connectivity index (χ2n) is 7.94. The average Bonchev–Trinajstić information content (AvgIpc) is 2.76. The van der Waals surface area contributed by atoms with E-state index < -0.39 is 6.04 Å². The standard InChI is InChI=1S/C25H34N2O5/c1-7-23(25(29)26-17(2)3)27(15-19-10-8-9-18(4)11-19)24(28)16-32-22-13-20(30-5)12-21(14-22)31-6/h8-14,17,23H,7,15-16H2,1-6H3,(H,26,29)/t23-/m1/s1. The molecule has 174 valence electrons. The minimum absolute atomic E-state index is 0.0204. The highest BCUT2D eigenvalue weighted by Gasteiger charge is 2.29. The van der Waals surface area contributed by atoms with Crippen LogP contribution in [0.4, 0.5) is 0 Å². The third-order valence-corrected chi connectivity index (χ3v) is 4.94. The van der Waals surface area contributed by atoms with Gasteiger partial charge in [-0.25, -0.2) is 0 Å². The van der Waals surface area contributed by atoms with Crippen LogP contribution in [0.25, 0.3) is 0 Å². The molecule has 32 heavy (non-hydrogen) atoms. The predicted octanol–water partition coefficient (Wildman–Crippen LogP) is 3.72. The Hall–Kier alpha value is -3.22. The van der Waals surface area contributed by atoms with Crippen molar-refractivity contribution in [1.82, 2.24) is 10.2 Å². The number of benzene rings is 2. The molecule has 0 unspecified atom stereocenters. The van der Waals surface area contributed by atoms with Gasteiger partial charge in [-0.05, 0) is 32.8 Å². The summed E-state index contributed by atoms with van der Waals surface area (Å²) in [6.07, 6.45) is 0.489. The average molecular weight is 443 g/mol. The molecular formula is C25H34N2O5. The highest BCUT2D eigenvalue weighted by atomic mass is 16.5. The van der Waals surface area contributed by atoms with Crippen LogP contribution in [0.2, 0.25) is 0 Å². The summed E-state index contributed by atoms with van der Waals surface area (Å²) in [6.45, 7) is 7.79. The first-order valence-corrected chi connectivity index (χ1v) is 10.8. The van der Waals surface area contributed by atoms with E-state index in [1.807, 2.05) is 52.0 Å². The summed E-state index contributed by atoms with van der Waals surface area (Å²) < 4.78 is 16.3. The summed E-state index contributed by atoms with van der Waals surface area (Å²) in [5.41, 5.74) is 2.05. The van der Waals surface area contributed by atoms with Crippen LogP contribution in [0.15, 0.2) is 42.5 Å². The lowest BCUT2D eigenvalue weighted by molar-refractivity contribution is -0.143. The van der Waals surface area contributed by atoms with Crippen molar-refractivity contribution in [3.05, 3.63) is 53.6 Å². The second kappa shape index (κ2) is 12.0. The normalized spacial score (nSPS) is 11.6. The number of carbonyl (C=O) groups is 2. The first-order chi connectivity index (χ1) is 15.3. The first kappa shape index (κ1) is 25.0. The Labute approximate surface area is 190 Å². The maximum absolute atomic E-state index is 13.3. The second-order valence-corrected chi connectivity index (χ2v) is 7.94. The van der Waals surface area contributed by atoms with E-state index in [1.54, 1.807) is 37.3 Å². The fraction of sp³-hybridized carbons (Fsp3) is 0.440. The third-order valence-electron chi connectivity index (χ3n) is 4.94. The molecule has 0 radical (unpaired) electrons. The molecule has 1 N–H and O–H groups in total. The Bertz CT molecular complexity index is 891. The van der Waals surface area contributed by atoms with Crippen molar-refractivity contribution >= 4 is 11.8 Å². The van der Waals surface area contributed by atoms with Crippen LogP contribution in [-0.2, 0) is 16.1 Å². The van der Waals surface area contributed by atoms with Crippen molar-refractivity contribution in [2.45, 2.75) is 52.7 Å². The molecule has 0 aliphatic rings. The molecule has 0 aliphatic carbocycles. The largest absolute Gasteiger partial charge is 0.496 e. The van der Waals surface area contributed by atoms with E-state index in [4.69, 9.17) is 14.2 Å². The van der Waals surface area contributed by atoms with Crippen molar-refractivity contribution in [3.8, 4) is 17.2 Å². The first-order valence-electron chi connectivity index (χ1n) is 10.8. The number of carbonyl (C=O) groups excluding carboxylic acids is 2. The molecule has 0 heterocycles. The molecule has 0 fully saturated rings. The van der Waals surface area contributed by atoms with Crippen LogP contribution < -0.4 is 19.5 Å². The van der Waals surface area contributed by atoms with E-state index in [-0.39, 0.29) is 24.5 Å². The molecular weight excluding hydrogens is 408 g/mol. The van der Waals surface area contributed by atoms with Gasteiger partial charge in [0.2, 0.25) is 5.91 Å². The molecule has 0 saturated heterocycles. The van der Waals surface area contributed by atoms with E-state index in [1.165, 1.54) is 0 Å². The minimum atomic E-state index is -0.603. The topological polar surface area (TPSA) is 77.1 Å². The van der Waals surface area contributed by atoms with Crippen LogP contribution in [0.1, 0.15) is 38.3 Å². The van der Waals surface area contributed by atoms with E-state index in [0.717, 1.165) is 11.1 Å². The molecule has 2 amide bonds. The van der Waals surface area contributed by atoms with Gasteiger partial charge in [0, 0.05) is 30.8 Å². The highest BCUT2D eigenvalue weighted by molar-refractivity contribution is 5.88. The minimum Gasteiger partial charge on any atom is -0.496 e. The molecule has 2 aromatic rings. The predicted molar refractivity (Wildman–Crippen MR) is 124 cm³/mol. The Morgan fingerprint density at radius 2 is 1.62 bits per heavy atom. The summed E-state index contributed by atoms with van der Waals surface area (Å²) in [7, 11) is 3.10. The molecule has 1 atom stereocenters. The molecule has 0 aromatic heterocycles. The lowest BCUT2D eigenvalue weighted by Gasteiger charge is -2.31. The lowest BCUT2D eigenvalue weighted by Crippen LogP contribution is -2.51. The van der Waals surface area contributed by atoms with Gasteiger partial charge < -0.3 is 24.4 Å². The van der Waals surface area contributed by atoms with Gasteiger partial charge in [0.15, 0.2) is 6.61 Å². The van der Waals surface area contributed by atoms with Gasteiger partial charge in [-0.3, -0.25) is 9.59 Å². The number of amides is 2. The van der Waals surface area contributed by atoms with Crippen LogP contribution in [0.5, 0.6) is 17.2 Å². The van der Waals surface area contributed by atoms with Crippen molar-refractivity contribution in [3.63, 3.8) is 0 Å². The fourth-order valence-corrected chi connectivity index (χ4v) is 3.40. The van der Waals surface area contributed by atoms with Gasteiger partial charge in [-0.1, -0.05) is 36.8 Å². The van der Waals surface area contributed by atoms with Crippen molar-refractivity contribution in [2.75, 3.05) is 20.8 Å². The van der Waals surface area contributed by atoms with Crippen molar-refractivity contribution in [2.24, 2.45) is 0 Å². The SMILES string of the molecule is CC[C@H](C(=O)NC(C)C)N(Cc1cccc(C)c1)C(=O)COc1cc(OC)cc(OC)c1. The fourth-order valence-electron chi connectivity index (χ4n) is 3.40. The number of rotatable bonds is 11. The zero-order valence-electron chi connectivity index (χ0n) is 19.8. The van der Waals surface area contributed by atoms with Crippen LogP contribution in [0.3, 0.4) is 0 Å². The van der Waals surface area contributed by atoms with Gasteiger partial charge >= 0.3 is 0 Å². The maximum Gasteiger partial charge on any atom is 0.261 e. The van der Waals surface area contributed by atoms with E-state index >= 15 is 0 Å². The third kappa shape index (κ3) is 7.18. The molecule has 0 bridgehead atoms. The van der Waals surface area contributed by atoms with Crippen molar-refractivity contribution < 1.29 is 23.8 Å². The number of hydrogen-bond donors (Lipinski definition) is 1. The molecule has 7 nitrogen and oxygen atoms in total. The molecule has 2 aromatic carbocycles. The maximum atomic E-state index is 13.3. The monoisotopic (exact) mass is 442 g/mol. The Kier molecular flexibility index (Phi) is 9.38. The van der Waals surface area contributed by atoms with E-state index in [0.29, 0.717) is 30.2 Å². The number of ether oxygens (including phenoxy) is 3. The van der Waals surface area contributed by atoms with Gasteiger partial charge in [0.25, 0.3) is 5.91 Å². The number of nitrogens with one attached hydrogen (secondary N) is 1. The number of nitrogens with zero attached hydrogens (tertiary/aromatic N) is 1. The summed E-state index contributed by atoms with van der Waals surface area (Å²) in [4.78, 5) is 27.7. The summed E-state index contributed by atoms with van der Waals surface area (Å²) >= 11 is 0. The zero-order valence-corrected chi connectivity index (χ0v) is 19.8. The molecule has 0 spiro atoms. The molecule has 0 saturated carbocycles. The smallest absolute Gasteiger partial charge is 0.261 e. The molecule has 2 rings (SSSR count). The summed E-state index contributed by atoms with van der Waals surface area (Å²) in [5, 5.41) is 2.92. The van der Waals surface area contributed by atoms with E-state index in [2.05, 4.69) is 5.32 Å².